The zero-order valence-corrected chi connectivity index (χ0v) is 16.5. The highest BCUT2D eigenvalue weighted by molar-refractivity contribution is 7.09. The molecule has 2 fully saturated rings. The van der Waals surface area contributed by atoms with Gasteiger partial charge in [-0.1, -0.05) is 6.07 Å². The van der Waals surface area contributed by atoms with Crippen molar-refractivity contribution in [1.82, 2.24) is 15.5 Å². The van der Waals surface area contributed by atoms with Crippen molar-refractivity contribution in [3.8, 4) is 0 Å². The van der Waals surface area contributed by atoms with Crippen LogP contribution in [0, 0.1) is 11.8 Å². The van der Waals surface area contributed by atoms with E-state index in [1.165, 1.54) is 37.1 Å². The normalized spacial score (nSPS) is 20.8. The lowest BCUT2D eigenvalue weighted by molar-refractivity contribution is -0.120. The van der Waals surface area contributed by atoms with Gasteiger partial charge < -0.3 is 10.6 Å². The highest BCUT2D eigenvalue weighted by atomic mass is 35.5. The maximum absolute atomic E-state index is 11.8. The third kappa shape index (κ3) is 7.70. The topological polar surface area (TPSA) is 44.4 Å². The zero-order chi connectivity index (χ0) is 15.2. The largest absolute Gasteiger partial charge is 0.355 e. The summed E-state index contributed by atoms with van der Waals surface area (Å²) in [5, 5.41) is 8.50. The van der Waals surface area contributed by atoms with Crippen molar-refractivity contribution in [2.24, 2.45) is 11.8 Å². The monoisotopic (exact) mass is 393 g/mol. The van der Waals surface area contributed by atoms with Crippen LogP contribution in [0.4, 0.5) is 0 Å². The van der Waals surface area contributed by atoms with E-state index in [9.17, 15) is 4.79 Å². The minimum Gasteiger partial charge on any atom is -0.355 e. The molecule has 1 aromatic rings. The van der Waals surface area contributed by atoms with Gasteiger partial charge in [-0.05, 0) is 62.1 Å². The number of hydrogen-bond donors (Lipinski definition) is 2. The molecule has 0 radical (unpaired) electrons. The van der Waals surface area contributed by atoms with Gasteiger partial charge in [0.2, 0.25) is 5.91 Å². The van der Waals surface area contributed by atoms with Crippen LogP contribution in [0.3, 0.4) is 0 Å². The van der Waals surface area contributed by atoms with E-state index in [-0.39, 0.29) is 30.7 Å². The molecule has 1 unspecified atom stereocenters. The molecule has 2 heterocycles. The number of likely N-dealkylation sites (tertiary alicyclic amines) is 1. The number of carbonyl (C=O) groups is 1. The van der Waals surface area contributed by atoms with Crippen molar-refractivity contribution in [3.05, 3.63) is 22.4 Å². The van der Waals surface area contributed by atoms with Gasteiger partial charge in [-0.15, -0.1) is 36.2 Å². The second-order valence-corrected chi connectivity index (χ2v) is 7.73. The predicted octanol–water partition coefficient (Wildman–Crippen LogP) is 2.92. The van der Waals surface area contributed by atoms with E-state index in [0.717, 1.165) is 32.1 Å². The van der Waals surface area contributed by atoms with Crippen LogP contribution in [0.15, 0.2) is 17.5 Å². The van der Waals surface area contributed by atoms with Gasteiger partial charge in [0.05, 0.1) is 6.54 Å². The summed E-state index contributed by atoms with van der Waals surface area (Å²) in [5.41, 5.74) is 0. The Labute approximate surface area is 161 Å². The first-order chi connectivity index (χ1) is 10.8. The second-order valence-electron chi connectivity index (χ2n) is 6.70. The molecule has 1 aromatic heterocycles. The van der Waals surface area contributed by atoms with Gasteiger partial charge in [0.1, 0.15) is 0 Å². The lowest BCUT2D eigenvalue weighted by atomic mass is 9.98. The van der Waals surface area contributed by atoms with Gasteiger partial charge in [-0.3, -0.25) is 9.69 Å². The molecule has 138 valence electrons. The lowest BCUT2D eigenvalue weighted by Gasteiger charge is -2.32. The highest BCUT2D eigenvalue weighted by Gasteiger charge is 2.22. The van der Waals surface area contributed by atoms with Crippen LogP contribution in [0.2, 0.25) is 0 Å². The molecule has 2 N–H and O–H groups in total. The van der Waals surface area contributed by atoms with Crippen molar-refractivity contribution in [2.75, 3.05) is 32.7 Å². The number of thiophene rings is 1. The van der Waals surface area contributed by atoms with Gasteiger partial charge >= 0.3 is 0 Å². The van der Waals surface area contributed by atoms with Crippen molar-refractivity contribution >= 4 is 42.1 Å². The molecule has 0 bridgehead atoms. The van der Waals surface area contributed by atoms with E-state index in [0.29, 0.717) is 12.5 Å². The predicted molar refractivity (Wildman–Crippen MR) is 105 cm³/mol. The van der Waals surface area contributed by atoms with E-state index < -0.39 is 0 Å². The zero-order valence-electron chi connectivity index (χ0n) is 14.0. The molecule has 24 heavy (non-hydrogen) atoms. The maximum atomic E-state index is 11.8. The van der Waals surface area contributed by atoms with E-state index in [4.69, 9.17) is 0 Å². The number of hydrogen-bond acceptors (Lipinski definition) is 4. The van der Waals surface area contributed by atoms with E-state index in [2.05, 4.69) is 33.0 Å². The number of amides is 1. The van der Waals surface area contributed by atoms with Crippen LogP contribution in [-0.2, 0) is 11.3 Å². The van der Waals surface area contributed by atoms with Crippen LogP contribution in [0.25, 0.3) is 0 Å². The van der Waals surface area contributed by atoms with E-state index in [1.807, 2.05) is 11.3 Å². The van der Waals surface area contributed by atoms with Crippen molar-refractivity contribution in [3.63, 3.8) is 0 Å². The maximum Gasteiger partial charge on any atom is 0.233 e. The van der Waals surface area contributed by atoms with Gasteiger partial charge in [0, 0.05) is 24.5 Å². The Morgan fingerprint density at radius 1 is 1.21 bits per heavy atom. The fourth-order valence-corrected chi connectivity index (χ4v) is 3.86. The Morgan fingerprint density at radius 3 is 2.75 bits per heavy atom. The summed E-state index contributed by atoms with van der Waals surface area (Å²) in [6.45, 7) is 5.66. The molecular weight excluding hydrogens is 365 g/mol. The second kappa shape index (κ2) is 11.3. The lowest BCUT2D eigenvalue weighted by Crippen LogP contribution is -2.42. The molecule has 0 aromatic carbocycles. The van der Waals surface area contributed by atoms with E-state index >= 15 is 0 Å². The summed E-state index contributed by atoms with van der Waals surface area (Å²) < 4.78 is 0. The van der Waals surface area contributed by atoms with Gasteiger partial charge in [-0.25, -0.2) is 0 Å². The number of carbonyl (C=O) groups excluding carboxylic acids is 1. The molecule has 1 amide bonds. The smallest absolute Gasteiger partial charge is 0.233 e. The SMILES string of the molecule is Cl.Cl.O=C(CNCC1CC1)NCC1CCCN(Cc2cccs2)C1. The van der Waals surface area contributed by atoms with Gasteiger partial charge in [-0.2, -0.15) is 0 Å². The number of piperidine rings is 1. The van der Waals surface area contributed by atoms with Crippen molar-refractivity contribution in [1.29, 1.82) is 0 Å². The van der Waals surface area contributed by atoms with Crippen LogP contribution in [-0.4, -0.2) is 43.5 Å². The number of nitrogens with zero attached hydrogens (tertiary/aromatic N) is 1. The number of nitrogens with one attached hydrogen (secondary N) is 2. The van der Waals surface area contributed by atoms with Crippen LogP contribution in [0.5, 0.6) is 0 Å². The quantitative estimate of drug-likeness (QED) is 0.713. The Morgan fingerprint density at radius 2 is 2.04 bits per heavy atom. The summed E-state index contributed by atoms with van der Waals surface area (Å²) in [6.07, 6.45) is 5.14. The van der Waals surface area contributed by atoms with Crippen LogP contribution in [0.1, 0.15) is 30.6 Å². The molecule has 1 saturated carbocycles. The molecule has 1 aliphatic carbocycles. The standard InChI is InChI=1S/C17H27N3OS.2ClH/c21-17(11-18-9-14-5-6-14)19-10-15-3-1-7-20(12-15)13-16-4-2-8-22-16;;/h2,4,8,14-15,18H,1,3,5-7,9-13H2,(H,19,21);2*1H. The van der Waals surface area contributed by atoms with Crippen molar-refractivity contribution in [2.45, 2.75) is 32.2 Å². The average Bonchev–Trinajstić information content (AvgIpc) is 3.21. The molecular formula is C17H29Cl2N3OS. The summed E-state index contributed by atoms with van der Waals surface area (Å²) in [5.74, 6) is 1.58. The third-order valence-corrected chi connectivity index (χ3v) is 5.43. The minimum absolute atomic E-state index is 0. The Balaban J connectivity index is 0.00000144. The summed E-state index contributed by atoms with van der Waals surface area (Å²) in [7, 11) is 0. The van der Waals surface area contributed by atoms with Gasteiger partial charge in [0.15, 0.2) is 0 Å². The number of halogens is 2. The van der Waals surface area contributed by atoms with Crippen LogP contribution >= 0.6 is 36.2 Å². The number of rotatable bonds is 8. The molecule has 1 saturated heterocycles. The first-order valence-electron chi connectivity index (χ1n) is 8.52. The molecule has 4 nitrogen and oxygen atoms in total. The fraction of sp³-hybridized carbons (Fsp3) is 0.706. The molecule has 1 atom stereocenters. The third-order valence-electron chi connectivity index (χ3n) is 4.57. The van der Waals surface area contributed by atoms with E-state index in [1.54, 1.807) is 0 Å². The molecule has 3 rings (SSSR count). The first kappa shape index (κ1) is 21.7. The summed E-state index contributed by atoms with van der Waals surface area (Å²) in [6, 6.07) is 4.33. The Kier molecular flexibility index (Phi) is 10.2. The fourth-order valence-electron chi connectivity index (χ4n) is 3.12. The molecule has 0 spiro atoms. The highest BCUT2D eigenvalue weighted by Crippen LogP contribution is 2.27. The van der Waals surface area contributed by atoms with Gasteiger partial charge in [0.25, 0.3) is 0 Å². The average molecular weight is 394 g/mol. The Hall–Kier alpha value is -0.330. The first-order valence-corrected chi connectivity index (χ1v) is 9.39. The Bertz CT molecular complexity index is 468. The molecule has 2 aliphatic rings. The molecule has 7 heteroatoms. The van der Waals surface area contributed by atoms with Crippen LogP contribution < -0.4 is 10.6 Å². The van der Waals surface area contributed by atoms with Crippen molar-refractivity contribution < 1.29 is 4.79 Å². The molecule has 1 aliphatic heterocycles. The summed E-state index contributed by atoms with van der Waals surface area (Å²) in [4.78, 5) is 15.8. The minimum atomic E-state index is 0. The summed E-state index contributed by atoms with van der Waals surface area (Å²) >= 11 is 1.83.